The van der Waals surface area contributed by atoms with Crippen LogP contribution in [0.2, 0.25) is 0 Å². The number of benzene rings is 1. The van der Waals surface area contributed by atoms with E-state index in [2.05, 4.69) is 12.0 Å². The van der Waals surface area contributed by atoms with E-state index in [9.17, 15) is 0 Å². The molecule has 0 N–H and O–H groups in total. The zero-order chi connectivity index (χ0) is 12.1. The Morgan fingerprint density at radius 3 is 2.94 bits per heavy atom. The smallest absolute Gasteiger partial charge is 0.165 e. The van der Waals surface area contributed by atoms with E-state index in [0.29, 0.717) is 5.88 Å². The molecule has 0 saturated heterocycles. The summed E-state index contributed by atoms with van der Waals surface area (Å²) in [6, 6.07) is 7.75. The number of para-hydroxylation sites is 1. The van der Waals surface area contributed by atoms with Gasteiger partial charge in [-0.3, -0.25) is 4.68 Å². The molecule has 0 atom stereocenters. The third kappa shape index (κ3) is 3.01. The first-order valence-electron chi connectivity index (χ1n) is 5.67. The van der Waals surface area contributed by atoms with E-state index in [4.69, 9.17) is 16.3 Å². The molecular formula is C13H15ClN2O. The molecule has 2 aromatic rings. The van der Waals surface area contributed by atoms with Crippen molar-refractivity contribution in [2.45, 2.75) is 25.8 Å². The topological polar surface area (TPSA) is 27.1 Å². The van der Waals surface area contributed by atoms with Gasteiger partial charge in [-0.25, -0.2) is 0 Å². The van der Waals surface area contributed by atoms with Gasteiger partial charge in [0.25, 0.3) is 0 Å². The largest absolute Gasteiger partial charge is 0.454 e. The Morgan fingerprint density at radius 2 is 2.18 bits per heavy atom. The lowest BCUT2D eigenvalue weighted by Gasteiger charge is -2.06. The molecule has 2 rings (SSSR count). The van der Waals surface area contributed by atoms with Crippen molar-refractivity contribution in [3.63, 3.8) is 0 Å². The number of hydrogen-bond donors (Lipinski definition) is 0. The van der Waals surface area contributed by atoms with Crippen LogP contribution in [0.4, 0.5) is 0 Å². The van der Waals surface area contributed by atoms with Crippen molar-refractivity contribution in [2.75, 3.05) is 0 Å². The molecule has 0 saturated carbocycles. The molecule has 0 bridgehead atoms. The monoisotopic (exact) mass is 250 g/mol. The quantitative estimate of drug-likeness (QED) is 0.755. The Labute approximate surface area is 106 Å². The van der Waals surface area contributed by atoms with Gasteiger partial charge in [0.1, 0.15) is 5.75 Å². The fraction of sp³-hybridized carbons (Fsp3) is 0.308. The second-order valence-corrected chi connectivity index (χ2v) is 4.05. The highest BCUT2D eigenvalue weighted by molar-refractivity contribution is 6.17. The lowest BCUT2D eigenvalue weighted by molar-refractivity contribution is 0.476. The maximum Gasteiger partial charge on any atom is 0.165 e. The zero-order valence-corrected chi connectivity index (χ0v) is 10.5. The average Bonchev–Trinajstić information content (AvgIpc) is 2.78. The molecule has 0 spiro atoms. The first-order chi connectivity index (χ1) is 8.33. The fourth-order valence-electron chi connectivity index (χ4n) is 1.59. The van der Waals surface area contributed by atoms with E-state index in [1.165, 1.54) is 0 Å². The number of hydrogen-bond acceptors (Lipinski definition) is 2. The summed E-state index contributed by atoms with van der Waals surface area (Å²) in [6.45, 7) is 3.02. The van der Waals surface area contributed by atoms with E-state index < -0.39 is 0 Å². The Hall–Kier alpha value is -1.48. The average molecular weight is 251 g/mol. The van der Waals surface area contributed by atoms with Crippen LogP contribution in [0, 0.1) is 0 Å². The molecule has 1 heterocycles. The van der Waals surface area contributed by atoms with Gasteiger partial charge in [-0.2, -0.15) is 5.10 Å². The molecule has 4 heteroatoms. The van der Waals surface area contributed by atoms with Gasteiger partial charge < -0.3 is 4.74 Å². The predicted molar refractivity (Wildman–Crippen MR) is 68.6 cm³/mol. The van der Waals surface area contributed by atoms with E-state index in [1.807, 2.05) is 35.1 Å². The van der Waals surface area contributed by atoms with Crippen LogP contribution in [-0.2, 0) is 12.4 Å². The molecule has 0 amide bonds. The lowest BCUT2D eigenvalue weighted by atomic mass is 10.2. The summed E-state index contributed by atoms with van der Waals surface area (Å²) >= 11 is 5.85. The summed E-state index contributed by atoms with van der Waals surface area (Å²) in [5, 5.41) is 4.22. The SMILES string of the molecule is CCCn1cc(Oc2ccccc2CCl)cn1. The maximum absolute atomic E-state index is 5.85. The molecule has 1 aromatic carbocycles. The van der Waals surface area contributed by atoms with Crippen LogP contribution in [0.3, 0.4) is 0 Å². The summed E-state index contributed by atoms with van der Waals surface area (Å²) in [5.41, 5.74) is 0.984. The Morgan fingerprint density at radius 1 is 1.35 bits per heavy atom. The van der Waals surface area contributed by atoms with Crippen LogP contribution in [0.1, 0.15) is 18.9 Å². The summed E-state index contributed by atoms with van der Waals surface area (Å²) in [4.78, 5) is 0. The molecule has 0 aliphatic carbocycles. The molecule has 3 nitrogen and oxygen atoms in total. The van der Waals surface area contributed by atoms with Crippen molar-refractivity contribution in [1.82, 2.24) is 9.78 Å². The standard InChI is InChI=1S/C13H15ClN2O/c1-2-7-16-10-12(9-15-16)17-13-6-4-3-5-11(13)8-14/h3-6,9-10H,2,7-8H2,1H3. The highest BCUT2D eigenvalue weighted by atomic mass is 35.5. The molecular weight excluding hydrogens is 236 g/mol. The number of halogens is 1. The van der Waals surface area contributed by atoms with Gasteiger partial charge in [0.15, 0.2) is 5.75 Å². The fourth-order valence-corrected chi connectivity index (χ4v) is 1.81. The normalized spacial score (nSPS) is 10.5. The summed E-state index contributed by atoms with van der Waals surface area (Å²) < 4.78 is 7.63. The number of aromatic nitrogens is 2. The van der Waals surface area contributed by atoms with Crippen molar-refractivity contribution in [2.24, 2.45) is 0 Å². The van der Waals surface area contributed by atoms with Crippen LogP contribution in [0.15, 0.2) is 36.7 Å². The molecule has 1 aromatic heterocycles. The summed E-state index contributed by atoms with van der Waals surface area (Å²) in [6.07, 6.45) is 4.68. The van der Waals surface area contributed by atoms with Crippen LogP contribution in [0.5, 0.6) is 11.5 Å². The predicted octanol–water partition coefficient (Wildman–Crippen LogP) is 3.82. The van der Waals surface area contributed by atoms with E-state index in [1.54, 1.807) is 6.20 Å². The molecule has 0 fully saturated rings. The number of aryl methyl sites for hydroxylation is 1. The number of rotatable bonds is 5. The molecule has 90 valence electrons. The lowest BCUT2D eigenvalue weighted by Crippen LogP contribution is -1.95. The van der Waals surface area contributed by atoms with Crippen LogP contribution >= 0.6 is 11.6 Å². The first-order valence-corrected chi connectivity index (χ1v) is 6.21. The summed E-state index contributed by atoms with van der Waals surface area (Å²) in [5.74, 6) is 1.98. The molecule has 0 unspecified atom stereocenters. The first kappa shape index (κ1) is 12.0. The van der Waals surface area contributed by atoms with Gasteiger partial charge in [0, 0.05) is 12.1 Å². The van der Waals surface area contributed by atoms with E-state index >= 15 is 0 Å². The van der Waals surface area contributed by atoms with Crippen LogP contribution in [-0.4, -0.2) is 9.78 Å². The van der Waals surface area contributed by atoms with E-state index in [-0.39, 0.29) is 0 Å². The molecule has 0 radical (unpaired) electrons. The third-order valence-corrected chi connectivity index (χ3v) is 2.69. The second-order valence-electron chi connectivity index (χ2n) is 3.78. The number of ether oxygens (including phenoxy) is 1. The summed E-state index contributed by atoms with van der Waals surface area (Å²) in [7, 11) is 0. The van der Waals surface area contributed by atoms with Crippen molar-refractivity contribution in [1.29, 1.82) is 0 Å². The Kier molecular flexibility index (Phi) is 4.04. The van der Waals surface area contributed by atoms with Gasteiger partial charge in [-0.1, -0.05) is 25.1 Å². The van der Waals surface area contributed by atoms with Gasteiger partial charge in [-0.15, -0.1) is 11.6 Å². The maximum atomic E-state index is 5.85. The van der Waals surface area contributed by atoms with Gasteiger partial charge >= 0.3 is 0 Å². The highest BCUT2D eigenvalue weighted by Gasteiger charge is 2.05. The number of nitrogens with zero attached hydrogens (tertiary/aromatic N) is 2. The van der Waals surface area contributed by atoms with Crippen molar-refractivity contribution in [3.05, 3.63) is 42.2 Å². The minimum Gasteiger partial charge on any atom is -0.454 e. The van der Waals surface area contributed by atoms with E-state index in [0.717, 1.165) is 30.0 Å². The zero-order valence-electron chi connectivity index (χ0n) is 9.77. The van der Waals surface area contributed by atoms with Crippen LogP contribution < -0.4 is 4.74 Å². The van der Waals surface area contributed by atoms with Crippen molar-refractivity contribution in [3.8, 4) is 11.5 Å². The Bertz CT molecular complexity index is 482. The molecule has 0 aliphatic heterocycles. The Balaban J connectivity index is 2.13. The second kappa shape index (κ2) is 5.73. The highest BCUT2D eigenvalue weighted by Crippen LogP contribution is 2.25. The molecule has 17 heavy (non-hydrogen) atoms. The van der Waals surface area contributed by atoms with Crippen LogP contribution in [0.25, 0.3) is 0 Å². The van der Waals surface area contributed by atoms with Crippen molar-refractivity contribution >= 4 is 11.6 Å². The van der Waals surface area contributed by atoms with Crippen molar-refractivity contribution < 1.29 is 4.74 Å². The molecule has 0 aliphatic rings. The third-order valence-electron chi connectivity index (χ3n) is 2.41. The number of alkyl halides is 1. The van der Waals surface area contributed by atoms with Gasteiger partial charge in [0.05, 0.1) is 18.3 Å². The minimum absolute atomic E-state index is 0.444. The van der Waals surface area contributed by atoms with Gasteiger partial charge in [0.2, 0.25) is 0 Å². The minimum atomic E-state index is 0.444. The van der Waals surface area contributed by atoms with Gasteiger partial charge in [-0.05, 0) is 12.5 Å².